The first-order valence-electron chi connectivity index (χ1n) is 5.13. The summed E-state index contributed by atoms with van der Waals surface area (Å²) in [5.74, 6) is 4.86. The fourth-order valence-corrected chi connectivity index (χ4v) is 1.98. The van der Waals surface area contributed by atoms with Gasteiger partial charge in [-0.3, -0.25) is 10.2 Å². The third kappa shape index (κ3) is 1.39. The molecule has 4 nitrogen and oxygen atoms in total. The van der Waals surface area contributed by atoms with E-state index in [-0.39, 0.29) is 5.91 Å². The number of hydrogen-bond donors (Lipinski definition) is 2. The Morgan fingerprint density at radius 1 is 1.38 bits per heavy atom. The van der Waals surface area contributed by atoms with E-state index in [4.69, 9.17) is 5.84 Å². The molecule has 1 aromatic carbocycles. The van der Waals surface area contributed by atoms with Crippen molar-refractivity contribution in [3.63, 3.8) is 0 Å². The molecule has 0 radical (unpaired) electrons. The van der Waals surface area contributed by atoms with Crippen molar-refractivity contribution >= 4 is 16.8 Å². The monoisotopic (exact) mass is 217 g/mol. The van der Waals surface area contributed by atoms with Crippen molar-refractivity contribution in [3.05, 3.63) is 35.0 Å². The summed E-state index contributed by atoms with van der Waals surface area (Å²) in [5.41, 5.74) is 6.26. The van der Waals surface area contributed by atoms with E-state index in [1.165, 1.54) is 11.3 Å². The number of carbonyl (C=O) groups is 1. The molecule has 1 aromatic heterocycles. The summed E-state index contributed by atoms with van der Waals surface area (Å²) in [6.07, 6.45) is 0. The van der Waals surface area contributed by atoms with E-state index < -0.39 is 0 Å². The van der Waals surface area contributed by atoms with Crippen molar-refractivity contribution in [1.82, 2.24) is 9.99 Å². The maximum Gasteiger partial charge on any atom is 0.265 e. The second-order valence-electron chi connectivity index (χ2n) is 3.97. The Hall–Kier alpha value is -1.81. The third-order valence-corrected chi connectivity index (χ3v) is 3.20. The number of rotatable bonds is 1. The molecule has 0 spiro atoms. The van der Waals surface area contributed by atoms with Gasteiger partial charge in [0.25, 0.3) is 5.91 Å². The number of fused-ring (bicyclic) bond motifs is 1. The number of carbonyl (C=O) groups excluding carboxylic acids is 1. The van der Waals surface area contributed by atoms with Gasteiger partial charge < -0.3 is 4.57 Å². The van der Waals surface area contributed by atoms with E-state index in [0.717, 1.165) is 10.9 Å². The van der Waals surface area contributed by atoms with Crippen LogP contribution in [0.2, 0.25) is 0 Å². The topological polar surface area (TPSA) is 60.0 Å². The quantitative estimate of drug-likeness (QED) is 0.431. The summed E-state index contributed by atoms with van der Waals surface area (Å²) in [7, 11) is 2.02. The average molecular weight is 217 g/mol. The lowest BCUT2D eigenvalue weighted by atomic mass is 10.1. The van der Waals surface area contributed by atoms with E-state index >= 15 is 0 Å². The first-order chi connectivity index (χ1) is 7.56. The second-order valence-corrected chi connectivity index (χ2v) is 3.97. The SMILES string of the molecule is Cc1c(C)n(C)c2ccc(C(=O)NN)cc12. The number of aryl methyl sites for hydroxylation is 2. The van der Waals surface area contributed by atoms with Gasteiger partial charge in [-0.05, 0) is 37.6 Å². The Kier molecular flexibility index (Phi) is 2.44. The summed E-state index contributed by atoms with van der Waals surface area (Å²) in [6.45, 7) is 4.12. The van der Waals surface area contributed by atoms with E-state index in [2.05, 4.69) is 23.8 Å². The van der Waals surface area contributed by atoms with Gasteiger partial charge in [-0.15, -0.1) is 0 Å². The summed E-state index contributed by atoms with van der Waals surface area (Å²) in [4.78, 5) is 11.4. The molecule has 0 aliphatic carbocycles. The zero-order valence-corrected chi connectivity index (χ0v) is 9.66. The van der Waals surface area contributed by atoms with Gasteiger partial charge in [0.2, 0.25) is 0 Å². The first kappa shape index (κ1) is 10.7. The molecule has 84 valence electrons. The van der Waals surface area contributed by atoms with Crippen LogP contribution in [0.25, 0.3) is 10.9 Å². The lowest BCUT2D eigenvalue weighted by molar-refractivity contribution is 0.0954. The minimum Gasteiger partial charge on any atom is -0.348 e. The van der Waals surface area contributed by atoms with Gasteiger partial charge in [0.15, 0.2) is 0 Å². The van der Waals surface area contributed by atoms with Crippen LogP contribution in [0.3, 0.4) is 0 Å². The van der Waals surface area contributed by atoms with Crippen LogP contribution in [0.15, 0.2) is 18.2 Å². The molecule has 3 N–H and O–H groups in total. The van der Waals surface area contributed by atoms with Crippen molar-refractivity contribution in [2.45, 2.75) is 13.8 Å². The van der Waals surface area contributed by atoms with Gasteiger partial charge in [0.1, 0.15) is 0 Å². The van der Waals surface area contributed by atoms with Crippen LogP contribution < -0.4 is 11.3 Å². The Labute approximate surface area is 94.0 Å². The maximum atomic E-state index is 11.4. The Bertz CT molecular complexity index is 569. The number of nitrogens with one attached hydrogen (secondary N) is 1. The highest BCUT2D eigenvalue weighted by Gasteiger charge is 2.11. The highest BCUT2D eigenvalue weighted by Crippen LogP contribution is 2.24. The lowest BCUT2D eigenvalue weighted by Gasteiger charge is -2.01. The molecule has 0 unspecified atom stereocenters. The standard InChI is InChI=1S/C12H15N3O/c1-7-8(2)15(3)11-5-4-9(6-10(7)11)12(16)14-13/h4-6H,13H2,1-3H3,(H,14,16). The number of amides is 1. The molecule has 0 fully saturated rings. The summed E-state index contributed by atoms with van der Waals surface area (Å²) in [6, 6.07) is 5.60. The molecular formula is C12H15N3O. The highest BCUT2D eigenvalue weighted by molar-refractivity contribution is 5.98. The molecule has 0 saturated heterocycles. The summed E-state index contributed by atoms with van der Waals surface area (Å²) < 4.78 is 2.12. The lowest BCUT2D eigenvalue weighted by Crippen LogP contribution is -2.29. The summed E-state index contributed by atoms with van der Waals surface area (Å²) >= 11 is 0. The molecular weight excluding hydrogens is 202 g/mol. The van der Waals surface area contributed by atoms with Crippen LogP contribution in [0.4, 0.5) is 0 Å². The van der Waals surface area contributed by atoms with Gasteiger partial charge in [-0.25, -0.2) is 5.84 Å². The molecule has 0 aliphatic heterocycles. The number of nitrogen functional groups attached to an aromatic ring is 1. The van der Waals surface area contributed by atoms with Crippen molar-refractivity contribution < 1.29 is 4.79 Å². The van der Waals surface area contributed by atoms with Gasteiger partial charge >= 0.3 is 0 Å². The average Bonchev–Trinajstić information content (AvgIpc) is 2.53. The molecule has 4 heteroatoms. The van der Waals surface area contributed by atoms with Gasteiger partial charge in [-0.1, -0.05) is 0 Å². The number of nitrogens with zero attached hydrogens (tertiary/aromatic N) is 1. The molecule has 0 atom stereocenters. The van der Waals surface area contributed by atoms with Gasteiger partial charge in [0, 0.05) is 29.2 Å². The fraction of sp³-hybridized carbons (Fsp3) is 0.250. The summed E-state index contributed by atoms with van der Waals surface area (Å²) in [5, 5.41) is 1.10. The minimum absolute atomic E-state index is 0.261. The molecule has 0 aliphatic rings. The second kappa shape index (κ2) is 3.64. The molecule has 0 bridgehead atoms. The normalized spacial score (nSPS) is 10.8. The van der Waals surface area contributed by atoms with Crippen LogP contribution in [-0.2, 0) is 7.05 Å². The van der Waals surface area contributed by atoms with Crippen molar-refractivity contribution in [2.75, 3.05) is 0 Å². The highest BCUT2D eigenvalue weighted by atomic mass is 16.2. The predicted octanol–water partition coefficient (Wildman–Crippen LogP) is 1.40. The molecule has 1 heterocycles. The van der Waals surface area contributed by atoms with Crippen LogP contribution in [-0.4, -0.2) is 10.5 Å². The van der Waals surface area contributed by atoms with Gasteiger partial charge in [0.05, 0.1) is 0 Å². The molecule has 2 rings (SSSR count). The first-order valence-corrected chi connectivity index (χ1v) is 5.13. The van der Waals surface area contributed by atoms with Crippen LogP contribution in [0, 0.1) is 13.8 Å². The number of benzene rings is 1. The Morgan fingerprint density at radius 2 is 2.06 bits per heavy atom. The molecule has 16 heavy (non-hydrogen) atoms. The zero-order valence-electron chi connectivity index (χ0n) is 9.66. The van der Waals surface area contributed by atoms with E-state index in [1.54, 1.807) is 6.07 Å². The third-order valence-electron chi connectivity index (χ3n) is 3.20. The Morgan fingerprint density at radius 3 is 2.69 bits per heavy atom. The predicted molar refractivity (Wildman–Crippen MR) is 64.0 cm³/mol. The van der Waals surface area contributed by atoms with E-state index in [1.807, 2.05) is 19.2 Å². The number of aromatic nitrogens is 1. The maximum absolute atomic E-state index is 11.4. The minimum atomic E-state index is -0.261. The molecule has 0 saturated carbocycles. The zero-order chi connectivity index (χ0) is 11.9. The van der Waals surface area contributed by atoms with E-state index in [0.29, 0.717) is 5.56 Å². The van der Waals surface area contributed by atoms with Crippen molar-refractivity contribution in [3.8, 4) is 0 Å². The van der Waals surface area contributed by atoms with Crippen LogP contribution in [0.5, 0.6) is 0 Å². The van der Waals surface area contributed by atoms with Crippen molar-refractivity contribution in [2.24, 2.45) is 12.9 Å². The molecule has 2 aromatic rings. The van der Waals surface area contributed by atoms with Gasteiger partial charge in [-0.2, -0.15) is 0 Å². The Balaban J connectivity index is 2.71. The smallest absolute Gasteiger partial charge is 0.265 e. The number of hydrazine groups is 1. The van der Waals surface area contributed by atoms with E-state index in [9.17, 15) is 4.79 Å². The van der Waals surface area contributed by atoms with Crippen LogP contribution >= 0.6 is 0 Å². The largest absolute Gasteiger partial charge is 0.348 e. The number of hydrogen-bond acceptors (Lipinski definition) is 2. The number of nitrogens with two attached hydrogens (primary N) is 1. The van der Waals surface area contributed by atoms with Crippen LogP contribution in [0.1, 0.15) is 21.6 Å². The molecule has 1 amide bonds. The van der Waals surface area contributed by atoms with Crippen molar-refractivity contribution in [1.29, 1.82) is 0 Å². The fourth-order valence-electron chi connectivity index (χ4n) is 1.98.